The maximum Gasteiger partial charge on any atom is 0.416 e. The summed E-state index contributed by atoms with van der Waals surface area (Å²) >= 11 is 0. The van der Waals surface area contributed by atoms with E-state index in [0.29, 0.717) is 11.0 Å². The topological polar surface area (TPSA) is 130 Å². The number of anilines is 1. The Morgan fingerprint density at radius 2 is 1.84 bits per heavy atom. The lowest BCUT2D eigenvalue weighted by atomic mass is 9.97. The number of rotatable bonds is 7. The molecule has 1 aliphatic heterocycles. The van der Waals surface area contributed by atoms with E-state index in [2.05, 4.69) is 4.85 Å². The van der Waals surface area contributed by atoms with E-state index in [-0.39, 0.29) is 41.3 Å². The monoisotopic (exact) mass is 618 g/mol. The van der Waals surface area contributed by atoms with E-state index in [0.717, 1.165) is 34.3 Å². The lowest BCUT2D eigenvalue weighted by Crippen LogP contribution is -2.56. The van der Waals surface area contributed by atoms with Crippen LogP contribution in [-0.4, -0.2) is 86.9 Å². The van der Waals surface area contributed by atoms with Crippen molar-refractivity contribution in [1.82, 2.24) is 14.7 Å². The highest BCUT2D eigenvalue weighted by Gasteiger charge is 2.46. The number of carbonyl (C=O) groups excluding carboxylic acids is 2. The number of likely N-dealkylation sites (N-methyl/N-ethyl adjacent to an activating group) is 2. The second-order valence-corrected chi connectivity index (χ2v) is 12.2. The predicted molar refractivity (Wildman–Crippen MR) is 150 cm³/mol. The Bertz CT molecular complexity index is 1660. The zero-order valence-corrected chi connectivity index (χ0v) is 24.7. The Labute approximate surface area is 247 Å². The van der Waals surface area contributed by atoms with Crippen LogP contribution in [0.2, 0.25) is 0 Å². The fourth-order valence-electron chi connectivity index (χ4n) is 4.75. The number of sulfone groups is 1. The van der Waals surface area contributed by atoms with E-state index < -0.39 is 50.7 Å². The van der Waals surface area contributed by atoms with Gasteiger partial charge in [-0.2, -0.15) is 18.4 Å². The van der Waals surface area contributed by atoms with Crippen molar-refractivity contribution in [3.63, 3.8) is 0 Å². The third-order valence-corrected chi connectivity index (χ3v) is 7.76. The molecule has 4 amide bonds. The van der Waals surface area contributed by atoms with Crippen LogP contribution < -0.4 is 4.90 Å². The third kappa shape index (κ3) is 6.97. The van der Waals surface area contributed by atoms with Crippen molar-refractivity contribution in [2.45, 2.75) is 30.1 Å². The van der Waals surface area contributed by atoms with Gasteiger partial charge in [0.05, 0.1) is 34.8 Å². The molecule has 0 spiro atoms. The molecule has 0 aliphatic carbocycles. The number of imide groups is 1. The first-order valence-electron chi connectivity index (χ1n) is 12.6. The number of hydrogen-bond donors (Lipinski definition) is 1. The molecule has 0 bridgehead atoms. The molecule has 15 heteroatoms. The number of amides is 4. The summed E-state index contributed by atoms with van der Waals surface area (Å²) in [5.41, 5.74) is -2.02. The Morgan fingerprint density at radius 3 is 2.37 bits per heavy atom. The van der Waals surface area contributed by atoms with Crippen molar-refractivity contribution in [1.29, 1.82) is 5.26 Å². The maximum atomic E-state index is 14.1. The van der Waals surface area contributed by atoms with Crippen molar-refractivity contribution in [3.05, 3.63) is 82.0 Å². The van der Waals surface area contributed by atoms with E-state index >= 15 is 0 Å². The average Bonchev–Trinajstić information content (AvgIpc) is 2.90. The minimum Gasteiger partial charge on any atom is -0.390 e. The summed E-state index contributed by atoms with van der Waals surface area (Å²) < 4.78 is 66.3. The number of nitriles is 1. The molecule has 228 valence electrons. The van der Waals surface area contributed by atoms with E-state index in [1.54, 1.807) is 19.0 Å². The number of carbonyl (C=O) groups is 2. The zero-order valence-electron chi connectivity index (χ0n) is 23.9. The molecule has 0 radical (unpaired) electrons. The highest BCUT2D eigenvalue weighted by atomic mass is 32.2. The number of benzene rings is 2. The van der Waals surface area contributed by atoms with E-state index in [1.807, 2.05) is 6.07 Å². The van der Waals surface area contributed by atoms with Gasteiger partial charge in [-0.3, -0.25) is 4.90 Å². The Kier molecular flexibility index (Phi) is 9.56. The molecule has 2 atom stereocenters. The van der Waals surface area contributed by atoms with E-state index in [9.17, 15) is 41.5 Å². The predicted octanol–water partition coefficient (Wildman–Crippen LogP) is 4.09. The highest BCUT2D eigenvalue weighted by Crippen LogP contribution is 2.43. The van der Waals surface area contributed by atoms with Gasteiger partial charge in [0, 0.05) is 37.8 Å². The van der Waals surface area contributed by atoms with Crippen LogP contribution in [0.1, 0.15) is 29.7 Å². The molecule has 1 aliphatic rings. The third-order valence-electron chi connectivity index (χ3n) is 6.60. The molecule has 1 N–H and O–H groups in total. The first-order valence-corrected chi connectivity index (χ1v) is 14.5. The van der Waals surface area contributed by atoms with Gasteiger partial charge in [-0.25, -0.2) is 27.8 Å². The summed E-state index contributed by atoms with van der Waals surface area (Å²) in [4.78, 5) is 35.2. The number of urea groups is 2. The molecule has 2 aromatic carbocycles. The summed E-state index contributed by atoms with van der Waals surface area (Å²) in [6, 6.07) is 5.28. The number of halogens is 3. The molecule has 11 nitrogen and oxygen atoms in total. The van der Waals surface area contributed by atoms with Crippen LogP contribution in [0.15, 0.2) is 58.8 Å². The van der Waals surface area contributed by atoms with Crippen molar-refractivity contribution < 1.29 is 36.3 Å². The average molecular weight is 619 g/mol. The van der Waals surface area contributed by atoms with E-state index in [1.165, 1.54) is 32.2 Å². The Balaban J connectivity index is 2.33. The number of hydrogen-bond acceptors (Lipinski definition) is 7. The summed E-state index contributed by atoms with van der Waals surface area (Å²) in [5, 5.41) is 19.8. The lowest BCUT2D eigenvalue weighted by Gasteiger charge is -2.42. The fraction of sp³-hybridized carbons (Fsp3) is 0.357. The Morgan fingerprint density at radius 1 is 1.19 bits per heavy atom. The fourth-order valence-corrected chi connectivity index (χ4v) is 5.70. The minimum atomic E-state index is -4.76. The second kappa shape index (κ2) is 12.4. The number of alkyl halides is 3. The molecule has 0 saturated heterocycles. The smallest absolute Gasteiger partial charge is 0.390 e. The quantitative estimate of drug-likeness (QED) is 0.463. The standard InChI is InChI=1S/C28H29F3N6O5S/c1-17-24(33-2)25(22-11-10-18(14-32)12-23(22)43(6,41)42)37(26(39)35(5)16-21(38)15-34(3)4)27(40)36(17)20-9-7-8-19(13-20)28(29,30)31/h7-13,21,25,38H,15-16H2,1,3-6H3/t21?,25-/m1/s1. The summed E-state index contributed by atoms with van der Waals surface area (Å²) in [7, 11) is 0.562. The van der Waals surface area contributed by atoms with E-state index in [4.69, 9.17) is 6.57 Å². The van der Waals surface area contributed by atoms with Gasteiger partial charge in [-0.15, -0.1) is 0 Å². The highest BCUT2D eigenvalue weighted by molar-refractivity contribution is 7.90. The number of aliphatic hydroxyl groups is 1. The molecule has 3 rings (SSSR count). The van der Waals surface area contributed by atoms with Crippen LogP contribution in [0.4, 0.5) is 28.4 Å². The van der Waals surface area contributed by atoms with Crippen molar-refractivity contribution in [3.8, 4) is 6.07 Å². The van der Waals surface area contributed by atoms with Gasteiger partial charge in [0.1, 0.15) is 6.04 Å². The van der Waals surface area contributed by atoms with Crippen LogP contribution in [0.25, 0.3) is 4.85 Å². The van der Waals surface area contributed by atoms with Crippen molar-refractivity contribution in [2.75, 3.05) is 45.4 Å². The molecular weight excluding hydrogens is 589 g/mol. The van der Waals surface area contributed by atoms with Crippen LogP contribution in [-0.2, 0) is 16.0 Å². The normalized spacial score (nSPS) is 16.7. The summed E-state index contributed by atoms with van der Waals surface area (Å²) in [6.07, 6.45) is -4.97. The molecule has 0 aromatic heterocycles. The van der Waals surface area contributed by atoms with Gasteiger partial charge >= 0.3 is 18.2 Å². The van der Waals surface area contributed by atoms with Crippen LogP contribution in [0.5, 0.6) is 0 Å². The number of allylic oxidation sites excluding steroid dienone is 1. The maximum absolute atomic E-state index is 14.1. The molecule has 1 heterocycles. The summed E-state index contributed by atoms with van der Waals surface area (Å²) in [5.74, 6) is 0. The molecule has 0 fully saturated rings. The molecule has 1 unspecified atom stereocenters. The molecular formula is C28H29F3N6O5S. The number of aliphatic hydroxyl groups excluding tert-OH is 1. The van der Waals surface area contributed by atoms with Gasteiger partial charge in [-0.05, 0) is 56.9 Å². The first-order chi connectivity index (χ1) is 19.9. The van der Waals surface area contributed by atoms with Crippen LogP contribution >= 0.6 is 0 Å². The Hall–Kier alpha value is -4.44. The minimum absolute atomic E-state index is 0.0382. The lowest BCUT2D eigenvalue weighted by molar-refractivity contribution is -0.137. The summed E-state index contributed by atoms with van der Waals surface area (Å²) in [6.45, 7) is 9.12. The van der Waals surface area contributed by atoms with Gasteiger partial charge in [0.15, 0.2) is 9.84 Å². The first kappa shape index (κ1) is 33.1. The van der Waals surface area contributed by atoms with Gasteiger partial charge in [0.25, 0.3) is 0 Å². The van der Waals surface area contributed by atoms with Gasteiger partial charge in [-0.1, -0.05) is 12.1 Å². The van der Waals surface area contributed by atoms with Crippen molar-refractivity contribution >= 4 is 27.6 Å². The van der Waals surface area contributed by atoms with Crippen LogP contribution in [0, 0.1) is 17.9 Å². The zero-order chi connectivity index (χ0) is 32.4. The van der Waals surface area contributed by atoms with Gasteiger partial charge < -0.3 is 14.9 Å². The van der Waals surface area contributed by atoms with Crippen molar-refractivity contribution in [2.24, 2.45) is 0 Å². The molecule has 2 aromatic rings. The number of nitrogens with zero attached hydrogens (tertiary/aromatic N) is 6. The largest absolute Gasteiger partial charge is 0.416 e. The van der Waals surface area contributed by atoms with Crippen LogP contribution in [0.3, 0.4) is 0 Å². The SMILES string of the molecule is [C-]#[N+]C1=C(C)N(c2cccc(C(F)(F)F)c2)C(=O)N(C(=O)N(C)CC(O)CN(C)C)[C@@H]1c1ccc(C#N)cc1S(C)(=O)=O. The second-order valence-electron chi connectivity index (χ2n) is 10.2. The molecule has 43 heavy (non-hydrogen) atoms. The molecule has 0 saturated carbocycles. The van der Waals surface area contributed by atoms with Gasteiger partial charge in [0.2, 0.25) is 5.70 Å².